The van der Waals surface area contributed by atoms with Crippen LogP contribution < -0.4 is 11.1 Å². The number of rotatable bonds is 7. The van der Waals surface area contributed by atoms with Crippen LogP contribution in [0, 0.1) is 5.92 Å². The Morgan fingerprint density at radius 2 is 1.86 bits per heavy atom. The van der Waals surface area contributed by atoms with E-state index in [2.05, 4.69) is 0 Å². The first-order valence-corrected chi connectivity index (χ1v) is 7.86. The Morgan fingerprint density at radius 1 is 1.23 bits per heavy atom. The predicted octanol–water partition coefficient (Wildman–Crippen LogP) is 1.93. The van der Waals surface area contributed by atoms with Gasteiger partial charge in [0, 0.05) is 10.6 Å². The summed E-state index contributed by atoms with van der Waals surface area (Å²) >= 11 is 1.53. The second kappa shape index (κ2) is 9.09. The van der Waals surface area contributed by atoms with Gasteiger partial charge >= 0.3 is 12.0 Å². The smallest absolute Gasteiger partial charge is 0.318 e. The van der Waals surface area contributed by atoms with Crippen LogP contribution in [0.5, 0.6) is 0 Å². The molecule has 0 bridgehead atoms. The average Bonchev–Trinajstić information content (AvgIpc) is 2.44. The first kappa shape index (κ1) is 18.0. The van der Waals surface area contributed by atoms with E-state index < -0.39 is 24.0 Å². The molecule has 1 aromatic rings. The van der Waals surface area contributed by atoms with Gasteiger partial charge in [0.05, 0.1) is 6.42 Å². The van der Waals surface area contributed by atoms with Crippen molar-refractivity contribution >= 4 is 29.7 Å². The third kappa shape index (κ3) is 6.62. The van der Waals surface area contributed by atoms with E-state index in [4.69, 9.17) is 10.5 Å². The fraction of sp³-hybridized carbons (Fsp3) is 0.400. The molecule has 0 aliphatic rings. The van der Waals surface area contributed by atoms with E-state index in [1.54, 1.807) is 13.8 Å². The number of ether oxygens (including phenoxy) is 1. The molecule has 0 saturated heterocycles. The highest BCUT2D eigenvalue weighted by Crippen LogP contribution is 2.18. The van der Waals surface area contributed by atoms with Crippen molar-refractivity contribution in [2.45, 2.75) is 31.3 Å². The summed E-state index contributed by atoms with van der Waals surface area (Å²) in [7, 11) is 0. The molecule has 3 N–H and O–H groups in total. The van der Waals surface area contributed by atoms with E-state index in [0.717, 1.165) is 4.90 Å². The minimum Gasteiger partial charge on any atom is -0.452 e. The lowest BCUT2D eigenvalue weighted by atomic mass is 10.1. The quantitative estimate of drug-likeness (QED) is 0.590. The third-order valence-corrected chi connectivity index (χ3v) is 3.70. The summed E-state index contributed by atoms with van der Waals surface area (Å²) in [6.45, 7) is 3.44. The molecule has 120 valence electrons. The number of urea groups is 1. The molecule has 0 saturated carbocycles. The Morgan fingerprint density at radius 3 is 2.41 bits per heavy atom. The monoisotopic (exact) mass is 324 g/mol. The summed E-state index contributed by atoms with van der Waals surface area (Å²) in [6.07, 6.45) is -0.853. The van der Waals surface area contributed by atoms with Crippen molar-refractivity contribution in [2.75, 3.05) is 5.75 Å². The number of carbonyl (C=O) groups is 3. The standard InChI is InChI=1S/C15H20N2O4S/c1-10(2)13(14(19)17-15(16)20)21-12(18)8-9-22-11-6-4-3-5-7-11/h3-7,10,13H,8-9H2,1-2H3,(H3,16,17,19,20)/t13-/m0/s1. The van der Waals surface area contributed by atoms with Gasteiger partial charge in [-0.3, -0.25) is 14.9 Å². The van der Waals surface area contributed by atoms with Crippen molar-refractivity contribution < 1.29 is 19.1 Å². The largest absolute Gasteiger partial charge is 0.452 e. The second-order valence-corrected chi connectivity index (χ2v) is 6.09. The lowest BCUT2D eigenvalue weighted by Crippen LogP contribution is -2.45. The summed E-state index contributed by atoms with van der Waals surface area (Å²) in [5.41, 5.74) is 4.89. The maximum atomic E-state index is 11.8. The molecular formula is C15H20N2O4S. The molecule has 1 atom stereocenters. The van der Waals surface area contributed by atoms with Crippen LogP contribution in [-0.2, 0) is 14.3 Å². The number of amides is 3. The average molecular weight is 324 g/mol. The van der Waals surface area contributed by atoms with Gasteiger partial charge in [-0.1, -0.05) is 32.0 Å². The fourth-order valence-corrected chi connectivity index (χ4v) is 2.51. The molecule has 0 heterocycles. The second-order valence-electron chi connectivity index (χ2n) is 4.92. The van der Waals surface area contributed by atoms with E-state index in [1.165, 1.54) is 11.8 Å². The molecule has 1 aromatic carbocycles. The Kier molecular flexibility index (Phi) is 7.45. The van der Waals surface area contributed by atoms with Crippen molar-refractivity contribution in [1.29, 1.82) is 0 Å². The molecule has 0 fully saturated rings. The number of benzene rings is 1. The highest BCUT2D eigenvalue weighted by atomic mass is 32.2. The van der Waals surface area contributed by atoms with Crippen LogP contribution in [0.4, 0.5) is 4.79 Å². The molecule has 7 heteroatoms. The summed E-state index contributed by atoms with van der Waals surface area (Å²) < 4.78 is 5.14. The molecule has 22 heavy (non-hydrogen) atoms. The van der Waals surface area contributed by atoms with Gasteiger partial charge in [0.2, 0.25) is 0 Å². The summed E-state index contributed by atoms with van der Waals surface area (Å²) in [5.74, 6) is -0.899. The fourth-order valence-electron chi connectivity index (χ4n) is 1.65. The summed E-state index contributed by atoms with van der Waals surface area (Å²) in [5, 5.41) is 1.93. The normalized spacial score (nSPS) is 11.8. The van der Waals surface area contributed by atoms with Crippen molar-refractivity contribution in [3.8, 4) is 0 Å². The minimum absolute atomic E-state index is 0.173. The summed E-state index contributed by atoms with van der Waals surface area (Å²) in [6, 6.07) is 8.70. The molecule has 0 aliphatic carbocycles. The first-order chi connectivity index (χ1) is 10.4. The van der Waals surface area contributed by atoms with Gasteiger partial charge in [-0.25, -0.2) is 4.79 Å². The third-order valence-electron chi connectivity index (χ3n) is 2.69. The van der Waals surface area contributed by atoms with Gasteiger partial charge in [0.15, 0.2) is 6.10 Å². The SMILES string of the molecule is CC(C)[C@H](OC(=O)CCSc1ccccc1)C(=O)NC(N)=O. The van der Waals surface area contributed by atoms with Crippen LogP contribution in [0.15, 0.2) is 35.2 Å². The van der Waals surface area contributed by atoms with E-state index in [-0.39, 0.29) is 12.3 Å². The Balaban J connectivity index is 2.43. The van der Waals surface area contributed by atoms with Crippen molar-refractivity contribution in [1.82, 2.24) is 5.32 Å². The van der Waals surface area contributed by atoms with Gasteiger partial charge in [-0.05, 0) is 18.1 Å². The van der Waals surface area contributed by atoms with Gasteiger partial charge in [-0.15, -0.1) is 11.8 Å². The number of esters is 1. The van der Waals surface area contributed by atoms with Crippen LogP contribution in [0.3, 0.4) is 0 Å². The van der Waals surface area contributed by atoms with Gasteiger partial charge in [0.25, 0.3) is 5.91 Å². The van der Waals surface area contributed by atoms with Gasteiger partial charge in [0.1, 0.15) is 0 Å². The van der Waals surface area contributed by atoms with E-state index >= 15 is 0 Å². The topological polar surface area (TPSA) is 98.5 Å². The zero-order valence-corrected chi connectivity index (χ0v) is 13.4. The zero-order valence-electron chi connectivity index (χ0n) is 12.6. The Bertz CT molecular complexity index is 520. The van der Waals surface area contributed by atoms with Crippen molar-refractivity contribution in [3.05, 3.63) is 30.3 Å². The first-order valence-electron chi connectivity index (χ1n) is 6.87. The number of nitrogens with one attached hydrogen (secondary N) is 1. The number of imide groups is 1. The maximum Gasteiger partial charge on any atom is 0.318 e. The van der Waals surface area contributed by atoms with E-state index in [9.17, 15) is 14.4 Å². The molecule has 0 spiro atoms. The zero-order chi connectivity index (χ0) is 16.5. The molecule has 0 radical (unpaired) electrons. The van der Waals surface area contributed by atoms with E-state index in [0.29, 0.717) is 5.75 Å². The predicted molar refractivity (Wildman–Crippen MR) is 84.2 cm³/mol. The molecule has 1 rings (SSSR count). The number of thioether (sulfide) groups is 1. The lowest BCUT2D eigenvalue weighted by Gasteiger charge is -2.19. The molecule has 0 unspecified atom stereocenters. The lowest BCUT2D eigenvalue weighted by molar-refractivity contribution is -0.157. The molecular weight excluding hydrogens is 304 g/mol. The molecule has 0 aliphatic heterocycles. The number of primary amides is 1. The van der Waals surface area contributed by atoms with E-state index in [1.807, 2.05) is 35.6 Å². The van der Waals surface area contributed by atoms with Crippen molar-refractivity contribution in [3.63, 3.8) is 0 Å². The molecule has 6 nitrogen and oxygen atoms in total. The number of nitrogens with two attached hydrogens (primary N) is 1. The van der Waals surface area contributed by atoms with Gasteiger partial charge in [-0.2, -0.15) is 0 Å². The van der Waals surface area contributed by atoms with Gasteiger partial charge < -0.3 is 10.5 Å². The number of hydrogen-bond acceptors (Lipinski definition) is 5. The Labute approximate surface area is 133 Å². The van der Waals surface area contributed by atoms with Crippen molar-refractivity contribution in [2.24, 2.45) is 11.7 Å². The molecule has 0 aromatic heterocycles. The van der Waals surface area contributed by atoms with Crippen LogP contribution in [-0.4, -0.2) is 29.8 Å². The summed E-state index contributed by atoms with van der Waals surface area (Å²) in [4.78, 5) is 35.3. The minimum atomic E-state index is -1.03. The van der Waals surface area contributed by atoms with Crippen LogP contribution in [0.2, 0.25) is 0 Å². The van der Waals surface area contributed by atoms with Crippen LogP contribution in [0.1, 0.15) is 20.3 Å². The highest BCUT2D eigenvalue weighted by molar-refractivity contribution is 7.99. The molecule has 3 amide bonds. The Hall–Kier alpha value is -2.02. The van der Waals surface area contributed by atoms with Crippen LogP contribution in [0.25, 0.3) is 0 Å². The number of carbonyl (C=O) groups excluding carboxylic acids is 3. The maximum absolute atomic E-state index is 11.8. The number of hydrogen-bond donors (Lipinski definition) is 2. The highest BCUT2D eigenvalue weighted by Gasteiger charge is 2.27. The van der Waals surface area contributed by atoms with Crippen LogP contribution >= 0.6 is 11.8 Å².